The smallest absolute Gasteiger partial charge is 0.111 e. The van der Waals surface area contributed by atoms with Gasteiger partial charge in [0.1, 0.15) is 5.82 Å². The maximum absolute atomic E-state index is 6.17. The fourth-order valence-corrected chi connectivity index (χ4v) is 4.06. The minimum atomic E-state index is 0.746. The Morgan fingerprint density at radius 1 is 1.09 bits per heavy atom. The van der Waals surface area contributed by atoms with E-state index in [0.717, 1.165) is 42.6 Å². The molecule has 2 aliphatic rings. The predicted molar refractivity (Wildman–Crippen MR) is 90.5 cm³/mol. The van der Waals surface area contributed by atoms with Crippen molar-refractivity contribution in [3.8, 4) is 0 Å². The molecule has 1 aromatic heterocycles. The summed E-state index contributed by atoms with van der Waals surface area (Å²) in [7, 11) is 2.23. The third kappa shape index (κ3) is 2.64. The van der Waals surface area contributed by atoms with Gasteiger partial charge in [-0.25, -0.2) is 4.98 Å². The fourth-order valence-electron chi connectivity index (χ4n) is 3.90. The van der Waals surface area contributed by atoms with E-state index in [0.29, 0.717) is 0 Å². The van der Waals surface area contributed by atoms with Gasteiger partial charge in [0, 0.05) is 37.1 Å². The van der Waals surface area contributed by atoms with Crippen LogP contribution in [-0.2, 0) is 13.0 Å². The van der Waals surface area contributed by atoms with Gasteiger partial charge in [-0.1, -0.05) is 11.6 Å². The van der Waals surface area contributed by atoms with Crippen LogP contribution in [0.3, 0.4) is 0 Å². The lowest BCUT2D eigenvalue weighted by Gasteiger charge is -2.36. The van der Waals surface area contributed by atoms with Crippen LogP contribution in [0.5, 0.6) is 0 Å². The molecule has 22 heavy (non-hydrogen) atoms. The van der Waals surface area contributed by atoms with Crippen LogP contribution in [0.4, 0.5) is 0 Å². The molecular formula is C17H23ClN4. The number of aromatic nitrogens is 2. The first-order chi connectivity index (χ1) is 10.7. The van der Waals surface area contributed by atoms with Crippen molar-refractivity contribution in [3.05, 3.63) is 29.0 Å². The second-order valence-corrected chi connectivity index (χ2v) is 7.07. The Balaban J connectivity index is 1.54. The van der Waals surface area contributed by atoms with Gasteiger partial charge in [-0.15, -0.1) is 0 Å². The van der Waals surface area contributed by atoms with Crippen molar-refractivity contribution < 1.29 is 0 Å². The van der Waals surface area contributed by atoms with Crippen LogP contribution < -0.4 is 0 Å². The Hall–Kier alpha value is -1.10. The van der Waals surface area contributed by atoms with Crippen LogP contribution in [0.25, 0.3) is 11.0 Å². The van der Waals surface area contributed by atoms with Crippen molar-refractivity contribution in [1.82, 2.24) is 19.4 Å². The number of hydrogen-bond donors (Lipinski definition) is 0. The maximum atomic E-state index is 6.17. The van der Waals surface area contributed by atoms with Gasteiger partial charge < -0.3 is 9.47 Å². The molecule has 2 aliphatic heterocycles. The lowest BCUT2D eigenvalue weighted by Crippen LogP contribution is -2.44. The molecule has 118 valence electrons. The molecule has 1 aromatic carbocycles. The molecule has 0 unspecified atom stereocenters. The number of benzene rings is 1. The summed E-state index contributed by atoms with van der Waals surface area (Å²) >= 11 is 6.17. The van der Waals surface area contributed by atoms with Crippen molar-refractivity contribution in [1.29, 1.82) is 0 Å². The van der Waals surface area contributed by atoms with E-state index in [-0.39, 0.29) is 0 Å². The Labute approximate surface area is 136 Å². The highest BCUT2D eigenvalue weighted by molar-refractivity contribution is 6.31. The van der Waals surface area contributed by atoms with Crippen molar-refractivity contribution in [2.24, 2.45) is 0 Å². The molecule has 1 saturated heterocycles. The standard InChI is InChI=1S/C17H23ClN4/c1-20-7-4-14(5-8-20)21-9-6-17-19-15-3-2-13(18)12-16(15)22(17)11-10-21/h2-3,12,14H,4-11H2,1H3. The number of piperidine rings is 1. The second-order valence-electron chi connectivity index (χ2n) is 6.63. The Bertz CT molecular complexity index is 673. The molecule has 0 N–H and O–H groups in total. The summed E-state index contributed by atoms with van der Waals surface area (Å²) in [5, 5.41) is 0.798. The Kier molecular flexibility index (Phi) is 3.84. The number of hydrogen-bond acceptors (Lipinski definition) is 3. The molecule has 0 radical (unpaired) electrons. The SMILES string of the molecule is CN1CCC(N2CCc3nc4ccc(Cl)cc4n3CC2)CC1. The molecule has 1 fully saturated rings. The zero-order valence-corrected chi connectivity index (χ0v) is 13.9. The number of nitrogens with zero attached hydrogens (tertiary/aromatic N) is 4. The van der Waals surface area contributed by atoms with Crippen LogP contribution in [0.1, 0.15) is 18.7 Å². The monoisotopic (exact) mass is 318 g/mol. The Morgan fingerprint density at radius 2 is 1.91 bits per heavy atom. The molecule has 4 rings (SSSR count). The number of likely N-dealkylation sites (tertiary alicyclic amines) is 1. The molecule has 4 nitrogen and oxygen atoms in total. The molecule has 0 saturated carbocycles. The average Bonchev–Trinajstić information content (AvgIpc) is 2.72. The molecule has 2 aromatic rings. The van der Waals surface area contributed by atoms with E-state index in [1.165, 1.54) is 37.3 Å². The van der Waals surface area contributed by atoms with Gasteiger partial charge in [-0.2, -0.15) is 0 Å². The normalized spacial score (nSPS) is 21.9. The lowest BCUT2D eigenvalue weighted by atomic mass is 10.0. The lowest BCUT2D eigenvalue weighted by molar-refractivity contribution is 0.123. The van der Waals surface area contributed by atoms with Gasteiger partial charge in [0.15, 0.2) is 0 Å². The minimum Gasteiger partial charge on any atom is -0.327 e. The van der Waals surface area contributed by atoms with Gasteiger partial charge >= 0.3 is 0 Å². The van der Waals surface area contributed by atoms with E-state index >= 15 is 0 Å². The summed E-state index contributed by atoms with van der Waals surface area (Å²) in [5.74, 6) is 1.22. The summed E-state index contributed by atoms with van der Waals surface area (Å²) in [6.07, 6.45) is 3.63. The molecule has 0 atom stereocenters. The summed E-state index contributed by atoms with van der Waals surface area (Å²) in [6.45, 7) is 5.73. The zero-order chi connectivity index (χ0) is 15.1. The number of rotatable bonds is 1. The van der Waals surface area contributed by atoms with E-state index in [2.05, 4.69) is 27.5 Å². The summed E-state index contributed by atoms with van der Waals surface area (Å²) in [5.41, 5.74) is 2.26. The van der Waals surface area contributed by atoms with Gasteiger partial charge in [-0.3, -0.25) is 4.90 Å². The third-order valence-electron chi connectivity index (χ3n) is 5.23. The first-order valence-electron chi connectivity index (χ1n) is 8.28. The van der Waals surface area contributed by atoms with E-state index in [1.807, 2.05) is 12.1 Å². The van der Waals surface area contributed by atoms with Crippen molar-refractivity contribution in [2.75, 3.05) is 33.2 Å². The van der Waals surface area contributed by atoms with Crippen molar-refractivity contribution >= 4 is 22.6 Å². The van der Waals surface area contributed by atoms with Gasteiger partial charge in [0.25, 0.3) is 0 Å². The fraction of sp³-hybridized carbons (Fsp3) is 0.588. The zero-order valence-electron chi connectivity index (χ0n) is 13.1. The molecule has 0 amide bonds. The predicted octanol–water partition coefficient (Wildman–Crippen LogP) is 2.64. The quantitative estimate of drug-likeness (QED) is 0.808. The van der Waals surface area contributed by atoms with Crippen LogP contribution in [0, 0.1) is 0 Å². The van der Waals surface area contributed by atoms with Crippen molar-refractivity contribution in [3.63, 3.8) is 0 Å². The molecular weight excluding hydrogens is 296 g/mol. The van der Waals surface area contributed by atoms with E-state index in [1.54, 1.807) is 0 Å². The van der Waals surface area contributed by atoms with E-state index in [4.69, 9.17) is 16.6 Å². The summed E-state index contributed by atoms with van der Waals surface area (Å²) in [6, 6.07) is 6.77. The first kappa shape index (κ1) is 14.5. The van der Waals surface area contributed by atoms with E-state index < -0.39 is 0 Å². The van der Waals surface area contributed by atoms with Crippen LogP contribution in [0.15, 0.2) is 18.2 Å². The number of halogens is 1. The van der Waals surface area contributed by atoms with Crippen LogP contribution in [-0.4, -0.2) is 58.6 Å². The largest absolute Gasteiger partial charge is 0.327 e. The number of imidazole rings is 1. The molecule has 0 bridgehead atoms. The molecule has 3 heterocycles. The van der Waals surface area contributed by atoms with Gasteiger partial charge in [0.05, 0.1) is 11.0 Å². The summed E-state index contributed by atoms with van der Waals surface area (Å²) < 4.78 is 2.37. The molecule has 5 heteroatoms. The minimum absolute atomic E-state index is 0.746. The highest BCUT2D eigenvalue weighted by Crippen LogP contribution is 2.24. The highest BCUT2D eigenvalue weighted by atomic mass is 35.5. The topological polar surface area (TPSA) is 24.3 Å². The second kappa shape index (κ2) is 5.84. The Morgan fingerprint density at radius 3 is 2.73 bits per heavy atom. The molecule has 0 spiro atoms. The summed E-state index contributed by atoms with van der Waals surface area (Å²) in [4.78, 5) is 9.93. The first-order valence-corrected chi connectivity index (χ1v) is 8.66. The highest BCUT2D eigenvalue weighted by Gasteiger charge is 2.25. The van der Waals surface area contributed by atoms with Gasteiger partial charge in [0.2, 0.25) is 0 Å². The average molecular weight is 319 g/mol. The van der Waals surface area contributed by atoms with E-state index in [9.17, 15) is 0 Å². The maximum Gasteiger partial charge on any atom is 0.111 e. The number of fused-ring (bicyclic) bond motifs is 3. The molecule has 0 aliphatic carbocycles. The van der Waals surface area contributed by atoms with Crippen molar-refractivity contribution in [2.45, 2.75) is 31.8 Å². The third-order valence-corrected chi connectivity index (χ3v) is 5.46. The van der Waals surface area contributed by atoms with Crippen LogP contribution in [0.2, 0.25) is 5.02 Å². The van der Waals surface area contributed by atoms with Crippen LogP contribution >= 0.6 is 11.6 Å². The van der Waals surface area contributed by atoms with Gasteiger partial charge in [-0.05, 0) is 51.2 Å².